The number of methoxy groups -OCH3 is 1. The molecular weight excluding hydrogens is 244 g/mol. The van der Waals surface area contributed by atoms with Crippen LogP contribution in [0, 0.1) is 0 Å². The Bertz CT molecular complexity index is 339. The summed E-state index contributed by atoms with van der Waals surface area (Å²) in [4.78, 5) is 33.4. The van der Waals surface area contributed by atoms with Gasteiger partial charge in [0.05, 0.1) is 26.4 Å². The van der Waals surface area contributed by atoms with Crippen LogP contribution >= 0.6 is 0 Å². The summed E-state index contributed by atoms with van der Waals surface area (Å²) in [6.45, 7) is 3.51. The van der Waals surface area contributed by atoms with E-state index in [0.29, 0.717) is 0 Å². The van der Waals surface area contributed by atoms with Crippen molar-refractivity contribution in [3.63, 3.8) is 0 Å². The maximum Gasteiger partial charge on any atom is 0.425 e. The second-order valence-electron chi connectivity index (χ2n) is 2.77. The highest BCUT2D eigenvalue weighted by atomic mass is 16.5. The van der Waals surface area contributed by atoms with Gasteiger partial charge in [-0.05, 0) is 13.8 Å². The van der Waals surface area contributed by atoms with E-state index >= 15 is 0 Å². The van der Waals surface area contributed by atoms with Gasteiger partial charge in [-0.2, -0.15) is 0 Å². The number of esters is 2. The summed E-state index contributed by atoms with van der Waals surface area (Å²) in [5.74, 6) is -1.54. The van der Waals surface area contributed by atoms with Crippen LogP contribution in [-0.2, 0) is 23.8 Å². The van der Waals surface area contributed by atoms with Crippen LogP contribution in [0.25, 0.3) is 0 Å². The Kier molecular flexibility index (Phi) is 7.74. The first kappa shape index (κ1) is 15.8. The van der Waals surface area contributed by atoms with Gasteiger partial charge in [-0.25, -0.2) is 19.8 Å². The predicted molar refractivity (Wildman–Crippen MR) is 60.0 cm³/mol. The lowest BCUT2D eigenvalue weighted by Crippen LogP contribution is -2.39. The number of amides is 1. The third kappa shape index (κ3) is 6.36. The van der Waals surface area contributed by atoms with Crippen molar-refractivity contribution in [3.8, 4) is 0 Å². The summed E-state index contributed by atoms with van der Waals surface area (Å²) >= 11 is 0. The Labute approximate surface area is 104 Å². The van der Waals surface area contributed by atoms with Crippen molar-refractivity contribution < 1.29 is 28.6 Å². The average Bonchev–Trinajstić information content (AvgIpc) is 2.34. The van der Waals surface area contributed by atoms with E-state index in [4.69, 9.17) is 0 Å². The zero-order chi connectivity index (χ0) is 14.0. The lowest BCUT2D eigenvalue weighted by atomic mass is 10.4. The van der Waals surface area contributed by atoms with Crippen molar-refractivity contribution in [2.75, 3.05) is 20.3 Å². The zero-order valence-electron chi connectivity index (χ0n) is 10.4. The Morgan fingerprint density at radius 2 is 1.67 bits per heavy atom. The van der Waals surface area contributed by atoms with Crippen LogP contribution in [0.2, 0.25) is 0 Å². The fraction of sp³-hybridized carbons (Fsp3) is 0.500. The van der Waals surface area contributed by atoms with Gasteiger partial charge >= 0.3 is 18.0 Å². The van der Waals surface area contributed by atoms with Crippen LogP contribution in [0.1, 0.15) is 13.8 Å². The smallest absolute Gasteiger partial charge is 0.425 e. The molecule has 0 aliphatic rings. The van der Waals surface area contributed by atoms with Crippen LogP contribution in [0.15, 0.2) is 11.8 Å². The first-order chi connectivity index (χ1) is 8.54. The lowest BCUT2D eigenvalue weighted by molar-refractivity contribution is -0.141. The van der Waals surface area contributed by atoms with E-state index in [-0.39, 0.29) is 18.9 Å². The summed E-state index contributed by atoms with van der Waals surface area (Å²) in [6.07, 6.45) is 0.0475. The van der Waals surface area contributed by atoms with Gasteiger partial charge in [-0.3, -0.25) is 5.43 Å². The molecule has 0 unspecified atom stereocenters. The topological polar surface area (TPSA) is 103 Å². The van der Waals surface area contributed by atoms with E-state index in [1.165, 1.54) is 0 Å². The molecular formula is C10H16N2O6. The first-order valence-corrected chi connectivity index (χ1v) is 5.20. The summed E-state index contributed by atoms with van der Waals surface area (Å²) in [6, 6.07) is 0. The molecule has 0 saturated carbocycles. The number of hydrazine groups is 1. The number of hydrogen-bond donors (Lipinski definition) is 2. The third-order valence-corrected chi connectivity index (χ3v) is 1.53. The molecule has 18 heavy (non-hydrogen) atoms. The van der Waals surface area contributed by atoms with E-state index in [2.05, 4.69) is 19.6 Å². The van der Waals surface area contributed by atoms with Crippen molar-refractivity contribution in [1.82, 2.24) is 10.9 Å². The molecule has 0 bridgehead atoms. The van der Waals surface area contributed by atoms with Crippen molar-refractivity contribution in [2.45, 2.75) is 13.8 Å². The number of rotatable bonds is 6. The fourth-order valence-corrected chi connectivity index (χ4v) is 0.826. The largest absolute Gasteiger partial charge is 0.463 e. The Balaban J connectivity index is 4.66. The molecule has 0 radical (unpaired) electrons. The normalized spacial score (nSPS) is 10.3. The van der Waals surface area contributed by atoms with Gasteiger partial charge in [0, 0.05) is 0 Å². The van der Waals surface area contributed by atoms with Crippen molar-refractivity contribution in [2.24, 2.45) is 0 Å². The van der Waals surface area contributed by atoms with Gasteiger partial charge in [0.1, 0.15) is 5.70 Å². The van der Waals surface area contributed by atoms with Crippen LogP contribution in [0.3, 0.4) is 0 Å². The fourth-order valence-electron chi connectivity index (χ4n) is 0.826. The molecule has 0 aromatic carbocycles. The van der Waals surface area contributed by atoms with Crippen LogP contribution < -0.4 is 10.9 Å². The molecule has 1 amide bonds. The van der Waals surface area contributed by atoms with Gasteiger partial charge in [-0.15, -0.1) is 0 Å². The highest BCUT2D eigenvalue weighted by Crippen LogP contribution is 1.95. The highest BCUT2D eigenvalue weighted by Gasteiger charge is 2.14. The molecule has 0 atom stereocenters. The minimum atomic E-state index is -0.825. The van der Waals surface area contributed by atoms with Crippen molar-refractivity contribution >= 4 is 18.0 Å². The van der Waals surface area contributed by atoms with Crippen molar-refractivity contribution in [3.05, 3.63) is 11.8 Å². The second-order valence-corrected chi connectivity index (χ2v) is 2.77. The Morgan fingerprint density at radius 3 is 2.17 bits per heavy atom. The average molecular weight is 260 g/mol. The number of hydrogen-bond acceptors (Lipinski definition) is 7. The number of ether oxygens (including phenoxy) is 3. The second kappa shape index (κ2) is 8.85. The molecule has 0 spiro atoms. The number of carbonyl (C=O) groups is 3. The minimum Gasteiger partial charge on any atom is -0.463 e. The molecule has 102 valence electrons. The Hall–Kier alpha value is -2.25. The predicted octanol–water partition coefficient (Wildman–Crippen LogP) is -0.143. The summed E-state index contributed by atoms with van der Waals surface area (Å²) < 4.78 is 13.6. The van der Waals surface area contributed by atoms with Crippen LogP contribution in [-0.4, -0.2) is 38.4 Å². The monoisotopic (exact) mass is 260 g/mol. The molecule has 2 N–H and O–H groups in total. The number of nitrogens with one attached hydrogen (secondary N) is 2. The molecule has 0 heterocycles. The molecule has 8 nitrogen and oxygen atoms in total. The SMILES string of the molecule is CCOC(=O)/C=C(/NNC(=O)OC)C(=O)OCC. The Morgan fingerprint density at radius 1 is 1.06 bits per heavy atom. The van der Waals surface area contributed by atoms with E-state index < -0.39 is 18.0 Å². The molecule has 0 aliphatic heterocycles. The molecule has 0 aromatic rings. The molecule has 0 aliphatic carbocycles. The van der Waals surface area contributed by atoms with Gasteiger partial charge in [0.2, 0.25) is 0 Å². The quantitative estimate of drug-likeness (QED) is 0.296. The molecule has 0 fully saturated rings. The lowest BCUT2D eigenvalue weighted by Gasteiger charge is -2.10. The summed E-state index contributed by atoms with van der Waals surface area (Å²) in [5, 5.41) is 0. The van der Waals surface area contributed by atoms with Crippen LogP contribution in [0.5, 0.6) is 0 Å². The summed E-state index contributed by atoms with van der Waals surface area (Å²) in [5.41, 5.74) is 3.97. The molecule has 8 heteroatoms. The molecule has 0 saturated heterocycles. The van der Waals surface area contributed by atoms with E-state index in [9.17, 15) is 14.4 Å². The summed E-state index contributed by atoms with van der Waals surface area (Å²) in [7, 11) is 1.15. The van der Waals surface area contributed by atoms with Gasteiger partial charge < -0.3 is 14.2 Å². The van der Waals surface area contributed by atoms with Gasteiger partial charge in [-0.1, -0.05) is 0 Å². The third-order valence-electron chi connectivity index (χ3n) is 1.53. The van der Waals surface area contributed by atoms with Gasteiger partial charge in [0.25, 0.3) is 0 Å². The number of carbonyl (C=O) groups excluding carboxylic acids is 3. The maximum absolute atomic E-state index is 11.4. The van der Waals surface area contributed by atoms with E-state index in [1.807, 2.05) is 5.43 Å². The highest BCUT2D eigenvalue weighted by molar-refractivity contribution is 5.96. The van der Waals surface area contributed by atoms with E-state index in [0.717, 1.165) is 13.2 Å². The van der Waals surface area contributed by atoms with Crippen molar-refractivity contribution in [1.29, 1.82) is 0 Å². The standard InChI is InChI=1S/C10H16N2O6/c1-4-17-8(13)6-7(9(14)18-5-2)11-12-10(15)16-3/h6,11H,4-5H2,1-3H3,(H,12,15)/b7-6+. The minimum absolute atomic E-state index is 0.124. The zero-order valence-corrected chi connectivity index (χ0v) is 10.4. The maximum atomic E-state index is 11.4. The van der Waals surface area contributed by atoms with Crippen LogP contribution in [0.4, 0.5) is 4.79 Å². The molecule has 0 rings (SSSR count). The first-order valence-electron chi connectivity index (χ1n) is 5.20. The molecule has 0 aromatic heterocycles. The van der Waals surface area contributed by atoms with Gasteiger partial charge in [0.15, 0.2) is 0 Å². The van der Waals surface area contributed by atoms with E-state index in [1.54, 1.807) is 13.8 Å².